The molecule has 2 aromatic heterocycles. The van der Waals surface area contributed by atoms with Crippen molar-refractivity contribution in [2.24, 2.45) is 0 Å². The largest absolute Gasteiger partial charge is 0.417 e. The summed E-state index contributed by atoms with van der Waals surface area (Å²) in [6.45, 7) is 5.35. The zero-order chi connectivity index (χ0) is 18.1. The lowest BCUT2D eigenvalue weighted by molar-refractivity contribution is -0.0657. The molecule has 4 rings (SSSR count). The van der Waals surface area contributed by atoms with Crippen molar-refractivity contribution in [1.29, 1.82) is 0 Å². The topological polar surface area (TPSA) is 75.2 Å². The van der Waals surface area contributed by atoms with Gasteiger partial charge in [-0.25, -0.2) is 9.07 Å². The Labute approximate surface area is 149 Å². The summed E-state index contributed by atoms with van der Waals surface area (Å²) in [5.74, 6) is 0.498. The lowest BCUT2D eigenvalue weighted by Gasteiger charge is -2.22. The van der Waals surface area contributed by atoms with Gasteiger partial charge in [-0.1, -0.05) is 0 Å². The second kappa shape index (κ2) is 6.62. The maximum atomic E-state index is 13.1. The number of hydrogen-bond acceptors (Lipinski definition) is 6. The molecule has 1 aliphatic heterocycles. The van der Waals surface area contributed by atoms with E-state index in [9.17, 15) is 4.39 Å². The maximum absolute atomic E-state index is 13.1. The highest BCUT2D eigenvalue weighted by Crippen LogP contribution is 2.35. The summed E-state index contributed by atoms with van der Waals surface area (Å²) in [4.78, 5) is 0. The summed E-state index contributed by atoms with van der Waals surface area (Å²) in [7, 11) is 0. The van der Waals surface area contributed by atoms with Gasteiger partial charge in [0.1, 0.15) is 5.82 Å². The first-order chi connectivity index (χ1) is 12.6. The SMILES string of the molecule is CCOC1(c2nnc(-c3cnn(-c4ccc(F)cc4)c3C)o2)CCOC1. The van der Waals surface area contributed by atoms with Crippen LogP contribution in [0.15, 0.2) is 34.9 Å². The summed E-state index contributed by atoms with van der Waals surface area (Å²) in [5.41, 5.74) is 1.62. The van der Waals surface area contributed by atoms with Crippen LogP contribution in [0.1, 0.15) is 24.9 Å². The van der Waals surface area contributed by atoms with E-state index in [-0.39, 0.29) is 5.82 Å². The molecule has 7 nitrogen and oxygen atoms in total. The Morgan fingerprint density at radius 3 is 2.77 bits per heavy atom. The fraction of sp³-hybridized carbons (Fsp3) is 0.389. The zero-order valence-electron chi connectivity index (χ0n) is 14.6. The Kier molecular flexibility index (Phi) is 4.29. The summed E-state index contributed by atoms with van der Waals surface area (Å²) in [5, 5.41) is 12.7. The van der Waals surface area contributed by atoms with Gasteiger partial charge in [0, 0.05) is 13.0 Å². The minimum atomic E-state index is -0.680. The normalized spacial score (nSPS) is 20.0. The van der Waals surface area contributed by atoms with E-state index >= 15 is 0 Å². The summed E-state index contributed by atoms with van der Waals surface area (Å²) in [6, 6.07) is 6.12. The molecule has 0 aliphatic carbocycles. The van der Waals surface area contributed by atoms with Gasteiger partial charge in [0.2, 0.25) is 0 Å². The molecule has 8 heteroatoms. The molecule has 0 amide bonds. The first-order valence-corrected chi connectivity index (χ1v) is 8.49. The van der Waals surface area contributed by atoms with E-state index in [0.717, 1.165) is 16.9 Å². The van der Waals surface area contributed by atoms with Gasteiger partial charge in [0.15, 0.2) is 5.60 Å². The fourth-order valence-corrected chi connectivity index (χ4v) is 3.15. The highest BCUT2D eigenvalue weighted by atomic mass is 19.1. The molecule has 136 valence electrons. The van der Waals surface area contributed by atoms with Gasteiger partial charge in [0.25, 0.3) is 11.8 Å². The summed E-state index contributed by atoms with van der Waals surface area (Å²) < 4.78 is 32.1. The summed E-state index contributed by atoms with van der Waals surface area (Å²) >= 11 is 0. The zero-order valence-corrected chi connectivity index (χ0v) is 14.6. The molecule has 1 atom stereocenters. The van der Waals surface area contributed by atoms with Gasteiger partial charge in [0.05, 0.1) is 36.4 Å². The van der Waals surface area contributed by atoms with E-state index in [2.05, 4.69) is 15.3 Å². The van der Waals surface area contributed by atoms with Gasteiger partial charge < -0.3 is 13.9 Å². The first-order valence-electron chi connectivity index (χ1n) is 8.49. The lowest BCUT2D eigenvalue weighted by Crippen LogP contribution is -2.30. The van der Waals surface area contributed by atoms with Crippen molar-refractivity contribution in [3.05, 3.63) is 47.9 Å². The van der Waals surface area contributed by atoms with Gasteiger partial charge in [-0.3, -0.25) is 0 Å². The number of aromatic nitrogens is 4. The minimum Gasteiger partial charge on any atom is -0.417 e. The van der Waals surface area contributed by atoms with Crippen LogP contribution in [0.25, 0.3) is 17.1 Å². The molecule has 0 spiro atoms. The van der Waals surface area contributed by atoms with E-state index in [1.165, 1.54) is 12.1 Å². The Morgan fingerprint density at radius 2 is 2.08 bits per heavy atom. The lowest BCUT2D eigenvalue weighted by atomic mass is 10.0. The average molecular weight is 358 g/mol. The average Bonchev–Trinajstić information content (AvgIpc) is 3.36. The molecule has 1 unspecified atom stereocenters. The smallest absolute Gasteiger partial charge is 0.251 e. The maximum Gasteiger partial charge on any atom is 0.251 e. The van der Waals surface area contributed by atoms with E-state index in [1.54, 1.807) is 23.0 Å². The van der Waals surface area contributed by atoms with Crippen molar-refractivity contribution in [1.82, 2.24) is 20.0 Å². The number of benzene rings is 1. The minimum absolute atomic E-state index is 0.291. The third kappa shape index (κ3) is 2.81. The molecule has 1 saturated heterocycles. The molecule has 3 aromatic rings. The van der Waals surface area contributed by atoms with Crippen LogP contribution in [0.3, 0.4) is 0 Å². The van der Waals surface area contributed by atoms with Crippen LogP contribution < -0.4 is 0 Å². The monoisotopic (exact) mass is 358 g/mol. The number of ether oxygens (including phenoxy) is 2. The van der Waals surface area contributed by atoms with Crippen molar-refractivity contribution >= 4 is 0 Å². The Morgan fingerprint density at radius 1 is 1.27 bits per heavy atom. The molecule has 26 heavy (non-hydrogen) atoms. The fourth-order valence-electron chi connectivity index (χ4n) is 3.15. The molecule has 0 N–H and O–H groups in total. The van der Waals surface area contributed by atoms with E-state index in [4.69, 9.17) is 13.9 Å². The number of nitrogens with zero attached hydrogens (tertiary/aromatic N) is 4. The van der Waals surface area contributed by atoms with Crippen LogP contribution in [-0.2, 0) is 15.1 Å². The third-order valence-corrected chi connectivity index (χ3v) is 4.53. The van der Waals surface area contributed by atoms with E-state index in [1.807, 2.05) is 13.8 Å². The molecule has 0 saturated carbocycles. The van der Waals surface area contributed by atoms with Crippen LogP contribution in [0.2, 0.25) is 0 Å². The van der Waals surface area contributed by atoms with Crippen molar-refractivity contribution < 1.29 is 18.3 Å². The van der Waals surface area contributed by atoms with Crippen molar-refractivity contribution in [2.45, 2.75) is 25.9 Å². The predicted octanol–water partition coefficient (Wildman–Crippen LogP) is 3.02. The Hall–Kier alpha value is -2.58. The third-order valence-electron chi connectivity index (χ3n) is 4.53. The van der Waals surface area contributed by atoms with Crippen LogP contribution in [-0.4, -0.2) is 39.8 Å². The highest BCUT2D eigenvalue weighted by molar-refractivity contribution is 5.56. The second-order valence-corrected chi connectivity index (χ2v) is 6.17. The van der Waals surface area contributed by atoms with Gasteiger partial charge >= 0.3 is 0 Å². The van der Waals surface area contributed by atoms with Gasteiger partial charge in [-0.05, 0) is 38.1 Å². The molecule has 1 aromatic carbocycles. The molecule has 0 bridgehead atoms. The second-order valence-electron chi connectivity index (χ2n) is 6.17. The Balaban J connectivity index is 1.67. The van der Waals surface area contributed by atoms with E-state index in [0.29, 0.717) is 38.0 Å². The molecule has 3 heterocycles. The van der Waals surface area contributed by atoms with Crippen molar-refractivity contribution in [3.63, 3.8) is 0 Å². The van der Waals surface area contributed by atoms with Crippen molar-refractivity contribution in [2.75, 3.05) is 19.8 Å². The van der Waals surface area contributed by atoms with E-state index < -0.39 is 5.60 Å². The van der Waals surface area contributed by atoms with Gasteiger partial charge in [-0.2, -0.15) is 5.10 Å². The summed E-state index contributed by atoms with van der Waals surface area (Å²) in [6.07, 6.45) is 2.34. The molecule has 1 aliphatic rings. The molecule has 1 fully saturated rings. The van der Waals surface area contributed by atoms with Crippen LogP contribution in [0, 0.1) is 12.7 Å². The van der Waals surface area contributed by atoms with Crippen molar-refractivity contribution in [3.8, 4) is 17.1 Å². The van der Waals surface area contributed by atoms with Crippen LogP contribution in [0.5, 0.6) is 0 Å². The Bertz CT molecular complexity index is 898. The van der Waals surface area contributed by atoms with Crippen LogP contribution >= 0.6 is 0 Å². The molecule has 0 radical (unpaired) electrons. The number of rotatable bonds is 5. The standard InChI is InChI=1S/C18H19FN4O3/c1-3-25-18(8-9-24-11-18)17-22-21-16(26-17)15-10-20-23(12(15)2)14-6-4-13(19)5-7-14/h4-7,10H,3,8-9,11H2,1-2H3. The quantitative estimate of drug-likeness (QED) is 0.698. The molecular formula is C18H19FN4O3. The number of halogens is 1. The van der Waals surface area contributed by atoms with Gasteiger partial charge in [-0.15, -0.1) is 10.2 Å². The van der Waals surface area contributed by atoms with Crippen LogP contribution in [0.4, 0.5) is 4.39 Å². The first kappa shape index (κ1) is 16.9. The number of hydrogen-bond donors (Lipinski definition) is 0. The highest BCUT2D eigenvalue weighted by Gasteiger charge is 2.43. The predicted molar refractivity (Wildman–Crippen MR) is 90.3 cm³/mol. The molecular weight excluding hydrogens is 339 g/mol.